The molecule has 1 aromatic carbocycles. The highest BCUT2D eigenvalue weighted by Crippen LogP contribution is 2.12. The number of amides is 2. The number of urea groups is 1. The first-order valence-corrected chi connectivity index (χ1v) is 4.39. The van der Waals surface area contributed by atoms with Gasteiger partial charge in [-0.05, 0) is 12.1 Å². The molecular weight excluding hydrogens is 210 g/mol. The van der Waals surface area contributed by atoms with E-state index in [4.69, 9.17) is 10.4 Å². The van der Waals surface area contributed by atoms with Crippen LogP contribution in [0.2, 0.25) is 0 Å². The van der Waals surface area contributed by atoms with Crippen molar-refractivity contribution in [3.63, 3.8) is 0 Å². The quantitative estimate of drug-likeness (QED) is 0.698. The van der Waals surface area contributed by atoms with Crippen molar-refractivity contribution in [3.05, 3.63) is 29.8 Å². The third-order valence-corrected chi connectivity index (χ3v) is 1.70. The molecule has 0 saturated carbocycles. The molecule has 0 saturated heterocycles. The average Bonchev–Trinajstić information content (AvgIpc) is 2.27. The van der Waals surface area contributed by atoms with Crippen LogP contribution >= 0.6 is 0 Å². The summed E-state index contributed by atoms with van der Waals surface area (Å²) in [7, 11) is 0. The van der Waals surface area contributed by atoms with Gasteiger partial charge in [-0.2, -0.15) is 5.26 Å². The van der Waals surface area contributed by atoms with E-state index in [1.165, 1.54) is 0 Å². The SMILES string of the molecule is N#Cc1ccccc1NC(=O)NCC(=O)O. The summed E-state index contributed by atoms with van der Waals surface area (Å²) in [5, 5.41) is 21.6. The number of aliphatic carboxylic acids is 1. The van der Waals surface area contributed by atoms with Gasteiger partial charge >= 0.3 is 12.0 Å². The number of rotatable bonds is 3. The van der Waals surface area contributed by atoms with Crippen LogP contribution in [0.5, 0.6) is 0 Å². The largest absolute Gasteiger partial charge is 0.480 e. The van der Waals surface area contributed by atoms with E-state index < -0.39 is 18.5 Å². The summed E-state index contributed by atoms with van der Waals surface area (Å²) >= 11 is 0. The molecule has 0 fully saturated rings. The minimum Gasteiger partial charge on any atom is -0.480 e. The van der Waals surface area contributed by atoms with Crippen molar-refractivity contribution in [3.8, 4) is 6.07 Å². The number of nitrogens with one attached hydrogen (secondary N) is 2. The fourth-order valence-electron chi connectivity index (χ4n) is 1.01. The van der Waals surface area contributed by atoms with Crippen LogP contribution in [0.15, 0.2) is 24.3 Å². The second kappa shape index (κ2) is 5.36. The second-order valence-electron chi connectivity index (χ2n) is 2.86. The van der Waals surface area contributed by atoms with E-state index in [0.717, 1.165) is 0 Å². The fourth-order valence-corrected chi connectivity index (χ4v) is 1.01. The molecule has 2 amide bonds. The lowest BCUT2D eigenvalue weighted by Gasteiger charge is -2.06. The van der Waals surface area contributed by atoms with E-state index in [0.29, 0.717) is 11.3 Å². The Bertz CT molecular complexity index is 451. The normalized spacial score (nSPS) is 8.94. The smallest absolute Gasteiger partial charge is 0.323 e. The Morgan fingerprint density at radius 3 is 2.69 bits per heavy atom. The van der Waals surface area contributed by atoms with Crippen LogP contribution < -0.4 is 10.6 Å². The molecule has 0 radical (unpaired) electrons. The van der Waals surface area contributed by atoms with E-state index in [9.17, 15) is 9.59 Å². The standard InChI is InChI=1S/C10H9N3O3/c11-5-7-3-1-2-4-8(7)13-10(16)12-6-9(14)15/h1-4H,6H2,(H,14,15)(H2,12,13,16). The van der Waals surface area contributed by atoms with Gasteiger partial charge < -0.3 is 15.7 Å². The molecule has 6 heteroatoms. The van der Waals surface area contributed by atoms with Crippen molar-refractivity contribution in [2.24, 2.45) is 0 Å². The Labute approximate surface area is 91.5 Å². The summed E-state index contributed by atoms with van der Waals surface area (Å²) in [6.07, 6.45) is 0. The summed E-state index contributed by atoms with van der Waals surface area (Å²) in [5.74, 6) is -1.14. The van der Waals surface area contributed by atoms with Crippen LogP contribution in [-0.2, 0) is 4.79 Å². The molecule has 0 aliphatic rings. The van der Waals surface area contributed by atoms with Gasteiger partial charge in [0.05, 0.1) is 11.3 Å². The second-order valence-corrected chi connectivity index (χ2v) is 2.86. The lowest BCUT2D eigenvalue weighted by Crippen LogP contribution is -2.33. The molecule has 0 atom stereocenters. The number of anilines is 1. The topological polar surface area (TPSA) is 102 Å². The number of para-hydroxylation sites is 1. The van der Waals surface area contributed by atoms with Crippen LogP contribution in [-0.4, -0.2) is 23.7 Å². The lowest BCUT2D eigenvalue weighted by atomic mass is 10.2. The van der Waals surface area contributed by atoms with Gasteiger partial charge in [0.1, 0.15) is 12.6 Å². The van der Waals surface area contributed by atoms with Crippen LogP contribution in [0.25, 0.3) is 0 Å². The molecule has 0 heterocycles. The van der Waals surface area contributed by atoms with Gasteiger partial charge in [0.15, 0.2) is 0 Å². The number of benzene rings is 1. The molecule has 0 aliphatic heterocycles. The van der Waals surface area contributed by atoms with Gasteiger partial charge in [-0.3, -0.25) is 4.79 Å². The highest BCUT2D eigenvalue weighted by Gasteiger charge is 2.06. The van der Waals surface area contributed by atoms with Crippen molar-refractivity contribution in [1.29, 1.82) is 5.26 Å². The summed E-state index contributed by atoms with van der Waals surface area (Å²) in [6, 6.07) is 7.67. The molecule has 0 unspecified atom stereocenters. The van der Waals surface area contributed by atoms with Gasteiger partial charge in [-0.1, -0.05) is 12.1 Å². The van der Waals surface area contributed by atoms with Gasteiger partial charge in [-0.15, -0.1) is 0 Å². The zero-order valence-electron chi connectivity index (χ0n) is 8.23. The maximum atomic E-state index is 11.2. The van der Waals surface area contributed by atoms with E-state index in [1.807, 2.05) is 6.07 Å². The molecule has 0 spiro atoms. The van der Waals surface area contributed by atoms with Crippen molar-refractivity contribution in [2.75, 3.05) is 11.9 Å². The predicted molar refractivity (Wildman–Crippen MR) is 55.8 cm³/mol. The maximum Gasteiger partial charge on any atom is 0.323 e. The molecule has 0 aromatic heterocycles. The zero-order chi connectivity index (χ0) is 12.0. The summed E-state index contributed by atoms with van der Waals surface area (Å²) in [6.45, 7) is -0.472. The third-order valence-electron chi connectivity index (χ3n) is 1.70. The molecule has 6 nitrogen and oxygen atoms in total. The van der Waals surface area contributed by atoms with Crippen LogP contribution in [0, 0.1) is 11.3 Å². The highest BCUT2D eigenvalue weighted by molar-refractivity contribution is 5.92. The summed E-state index contributed by atoms with van der Waals surface area (Å²) in [4.78, 5) is 21.4. The fraction of sp³-hybridized carbons (Fsp3) is 0.100. The summed E-state index contributed by atoms with van der Waals surface area (Å²) in [5.41, 5.74) is 0.654. The highest BCUT2D eigenvalue weighted by atomic mass is 16.4. The first kappa shape index (κ1) is 11.5. The lowest BCUT2D eigenvalue weighted by molar-refractivity contribution is -0.135. The first-order valence-electron chi connectivity index (χ1n) is 4.39. The molecule has 3 N–H and O–H groups in total. The average molecular weight is 219 g/mol. The third kappa shape index (κ3) is 3.31. The van der Waals surface area contributed by atoms with Crippen LogP contribution in [0.3, 0.4) is 0 Å². The minimum atomic E-state index is -1.14. The van der Waals surface area contributed by atoms with Crippen LogP contribution in [0.4, 0.5) is 10.5 Å². The maximum absolute atomic E-state index is 11.2. The van der Waals surface area contributed by atoms with E-state index in [1.54, 1.807) is 24.3 Å². The Morgan fingerprint density at radius 2 is 2.06 bits per heavy atom. The zero-order valence-corrected chi connectivity index (χ0v) is 8.23. The number of hydrogen-bond acceptors (Lipinski definition) is 3. The van der Waals surface area contributed by atoms with E-state index >= 15 is 0 Å². The molecular formula is C10H9N3O3. The molecule has 16 heavy (non-hydrogen) atoms. The van der Waals surface area contributed by atoms with Crippen LogP contribution in [0.1, 0.15) is 5.56 Å². The van der Waals surface area contributed by atoms with Gasteiger partial charge in [-0.25, -0.2) is 4.79 Å². The first-order chi connectivity index (χ1) is 7.63. The monoisotopic (exact) mass is 219 g/mol. The van der Waals surface area contributed by atoms with Crippen molar-refractivity contribution in [1.82, 2.24) is 5.32 Å². The Balaban J connectivity index is 2.63. The van der Waals surface area contributed by atoms with Crippen molar-refractivity contribution in [2.45, 2.75) is 0 Å². The number of carboxylic acids is 1. The van der Waals surface area contributed by atoms with E-state index in [2.05, 4.69) is 10.6 Å². The molecule has 1 aromatic rings. The minimum absolute atomic E-state index is 0.313. The number of nitriles is 1. The Kier molecular flexibility index (Phi) is 3.86. The van der Waals surface area contributed by atoms with Gasteiger partial charge in [0.2, 0.25) is 0 Å². The number of carbonyl (C=O) groups excluding carboxylic acids is 1. The number of nitrogens with zero attached hydrogens (tertiary/aromatic N) is 1. The number of hydrogen-bond donors (Lipinski definition) is 3. The Hall–Kier alpha value is -2.55. The number of carboxylic acid groups (broad SMARTS) is 1. The predicted octanol–water partition coefficient (Wildman–Crippen LogP) is 0.764. The number of carbonyl (C=O) groups is 2. The molecule has 0 aliphatic carbocycles. The van der Waals surface area contributed by atoms with Crippen molar-refractivity contribution >= 4 is 17.7 Å². The molecule has 82 valence electrons. The van der Waals surface area contributed by atoms with E-state index in [-0.39, 0.29) is 0 Å². The Morgan fingerprint density at radius 1 is 1.38 bits per heavy atom. The van der Waals surface area contributed by atoms with Gasteiger partial charge in [0.25, 0.3) is 0 Å². The molecule has 0 bridgehead atoms. The van der Waals surface area contributed by atoms with Crippen molar-refractivity contribution < 1.29 is 14.7 Å². The molecule has 1 rings (SSSR count). The summed E-state index contributed by atoms with van der Waals surface area (Å²) < 4.78 is 0. The van der Waals surface area contributed by atoms with Gasteiger partial charge in [0, 0.05) is 0 Å².